The smallest absolute Gasteiger partial charge is 0.127 e. The van der Waals surface area contributed by atoms with Gasteiger partial charge >= 0.3 is 0 Å². The molecule has 0 saturated carbocycles. The molecule has 3 nitrogen and oxygen atoms in total. The maximum absolute atomic E-state index is 5.68. The van der Waals surface area contributed by atoms with Gasteiger partial charge in [-0.3, -0.25) is 4.68 Å². The molecule has 0 saturated heterocycles. The van der Waals surface area contributed by atoms with Crippen molar-refractivity contribution in [1.29, 1.82) is 0 Å². The van der Waals surface area contributed by atoms with Crippen LogP contribution < -0.4 is 5.84 Å². The zero-order chi connectivity index (χ0) is 7.56. The SMILES string of the molecule is CCc1cnc(CC)n1N. The minimum Gasteiger partial charge on any atom is -0.338 e. The number of aryl methyl sites for hydroxylation is 2. The van der Waals surface area contributed by atoms with Gasteiger partial charge in [0.25, 0.3) is 0 Å². The fraction of sp³-hybridized carbons (Fsp3) is 0.571. The van der Waals surface area contributed by atoms with E-state index in [1.165, 1.54) is 0 Å². The highest BCUT2D eigenvalue weighted by Gasteiger charge is 2.01. The molecule has 0 aromatic carbocycles. The Morgan fingerprint density at radius 3 is 2.50 bits per heavy atom. The van der Waals surface area contributed by atoms with Gasteiger partial charge in [0.2, 0.25) is 0 Å². The zero-order valence-corrected chi connectivity index (χ0v) is 6.46. The molecule has 0 aliphatic carbocycles. The molecule has 0 spiro atoms. The van der Waals surface area contributed by atoms with Crippen LogP contribution in [0.15, 0.2) is 6.20 Å². The number of nitrogen functional groups attached to an aromatic ring is 1. The summed E-state index contributed by atoms with van der Waals surface area (Å²) in [6.45, 7) is 4.12. The third-order valence-electron chi connectivity index (χ3n) is 1.63. The van der Waals surface area contributed by atoms with E-state index in [1.807, 2.05) is 13.1 Å². The molecule has 1 aromatic rings. The van der Waals surface area contributed by atoms with Crippen molar-refractivity contribution in [1.82, 2.24) is 9.66 Å². The minimum atomic E-state index is 0.899. The summed E-state index contributed by atoms with van der Waals surface area (Å²) in [4.78, 5) is 4.14. The first-order valence-electron chi connectivity index (χ1n) is 3.60. The summed E-state index contributed by atoms with van der Waals surface area (Å²) in [5.74, 6) is 6.63. The molecule has 2 N–H and O–H groups in total. The molecular weight excluding hydrogens is 126 g/mol. The number of nitrogens with two attached hydrogens (primary N) is 1. The van der Waals surface area contributed by atoms with Crippen molar-refractivity contribution in [2.75, 3.05) is 5.84 Å². The summed E-state index contributed by atoms with van der Waals surface area (Å²) in [6.07, 6.45) is 3.68. The van der Waals surface area contributed by atoms with Crippen molar-refractivity contribution >= 4 is 0 Å². The Hall–Kier alpha value is -0.990. The van der Waals surface area contributed by atoms with Gasteiger partial charge in [0, 0.05) is 6.42 Å². The maximum atomic E-state index is 5.68. The van der Waals surface area contributed by atoms with Gasteiger partial charge in [0.05, 0.1) is 11.9 Å². The highest BCUT2D eigenvalue weighted by molar-refractivity contribution is 5.04. The first-order chi connectivity index (χ1) is 4.79. The number of aromatic nitrogens is 2. The Bertz CT molecular complexity index is 193. The first-order valence-corrected chi connectivity index (χ1v) is 3.60. The normalized spacial score (nSPS) is 10.2. The molecule has 10 heavy (non-hydrogen) atoms. The summed E-state index contributed by atoms with van der Waals surface area (Å²) in [5.41, 5.74) is 1.09. The lowest BCUT2D eigenvalue weighted by molar-refractivity contribution is 0.813. The van der Waals surface area contributed by atoms with Gasteiger partial charge in [0.1, 0.15) is 5.82 Å². The quantitative estimate of drug-likeness (QED) is 0.613. The van der Waals surface area contributed by atoms with Crippen LogP contribution in [0.4, 0.5) is 0 Å². The average Bonchev–Trinajstić information content (AvgIpc) is 2.30. The van der Waals surface area contributed by atoms with E-state index >= 15 is 0 Å². The van der Waals surface area contributed by atoms with Gasteiger partial charge in [-0.15, -0.1) is 0 Å². The highest BCUT2D eigenvalue weighted by atomic mass is 15.3. The van der Waals surface area contributed by atoms with Crippen molar-refractivity contribution < 1.29 is 0 Å². The standard InChI is InChI=1S/C7H13N3/c1-3-6-5-9-7(4-2)10(6)8/h5H,3-4,8H2,1-2H3. The summed E-state index contributed by atoms with van der Waals surface area (Å²) in [5, 5.41) is 0. The van der Waals surface area contributed by atoms with E-state index in [0.29, 0.717) is 0 Å². The molecule has 0 amide bonds. The van der Waals surface area contributed by atoms with Crippen LogP contribution in [0.25, 0.3) is 0 Å². The molecule has 0 bridgehead atoms. The van der Waals surface area contributed by atoms with Crippen molar-refractivity contribution in [3.8, 4) is 0 Å². The molecule has 0 fully saturated rings. The van der Waals surface area contributed by atoms with Gasteiger partial charge < -0.3 is 5.84 Å². The largest absolute Gasteiger partial charge is 0.338 e. The third-order valence-corrected chi connectivity index (χ3v) is 1.63. The lowest BCUT2D eigenvalue weighted by atomic mass is 10.4. The summed E-state index contributed by atoms with van der Waals surface area (Å²) < 4.78 is 1.67. The first kappa shape index (κ1) is 7.12. The minimum absolute atomic E-state index is 0.899. The number of hydrogen-bond donors (Lipinski definition) is 1. The second kappa shape index (κ2) is 2.73. The van der Waals surface area contributed by atoms with Gasteiger partial charge in [-0.05, 0) is 6.42 Å². The number of imidazole rings is 1. The summed E-state index contributed by atoms with van der Waals surface area (Å²) in [6, 6.07) is 0. The van der Waals surface area contributed by atoms with E-state index < -0.39 is 0 Å². The Kier molecular flexibility index (Phi) is 1.94. The van der Waals surface area contributed by atoms with E-state index in [2.05, 4.69) is 11.9 Å². The fourth-order valence-corrected chi connectivity index (χ4v) is 0.962. The topological polar surface area (TPSA) is 43.8 Å². The molecule has 0 radical (unpaired) electrons. The van der Waals surface area contributed by atoms with Gasteiger partial charge in [0.15, 0.2) is 0 Å². The van der Waals surface area contributed by atoms with Gasteiger partial charge in [-0.25, -0.2) is 4.98 Å². The lowest BCUT2D eigenvalue weighted by Crippen LogP contribution is -2.14. The molecule has 0 aliphatic heterocycles. The second-order valence-electron chi connectivity index (χ2n) is 2.24. The monoisotopic (exact) mass is 139 g/mol. The summed E-state index contributed by atoms with van der Waals surface area (Å²) >= 11 is 0. The Morgan fingerprint density at radius 2 is 2.20 bits per heavy atom. The van der Waals surface area contributed by atoms with Crippen LogP contribution in [0.5, 0.6) is 0 Å². The van der Waals surface area contributed by atoms with E-state index in [0.717, 1.165) is 24.4 Å². The predicted molar refractivity (Wildman–Crippen MR) is 41.1 cm³/mol. The van der Waals surface area contributed by atoms with Crippen molar-refractivity contribution in [3.63, 3.8) is 0 Å². The van der Waals surface area contributed by atoms with Crippen LogP contribution in [0.1, 0.15) is 25.4 Å². The molecule has 0 atom stereocenters. The average molecular weight is 139 g/mol. The maximum Gasteiger partial charge on any atom is 0.127 e. The van der Waals surface area contributed by atoms with E-state index in [1.54, 1.807) is 4.68 Å². The van der Waals surface area contributed by atoms with Crippen LogP contribution in [0, 0.1) is 0 Å². The van der Waals surface area contributed by atoms with E-state index in [4.69, 9.17) is 5.84 Å². The molecule has 1 rings (SSSR count). The lowest BCUT2D eigenvalue weighted by Gasteiger charge is -2.00. The van der Waals surface area contributed by atoms with E-state index in [9.17, 15) is 0 Å². The number of rotatable bonds is 2. The van der Waals surface area contributed by atoms with E-state index in [-0.39, 0.29) is 0 Å². The van der Waals surface area contributed by atoms with Crippen LogP contribution in [0.2, 0.25) is 0 Å². The van der Waals surface area contributed by atoms with Crippen LogP contribution in [-0.2, 0) is 12.8 Å². The molecule has 1 aromatic heterocycles. The highest BCUT2D eigenvalue weighted by Crippen LogP contribution is 2.01. The molecule has 1 heterocycles. The van der Waals surface area contributed by atoms with Crippen molar-refractivity contribution in [3.05, 3.63) is 17.7 Å². The molecular formula is C7H13N3. The Morgan fingerprint density at radius 1 is 1.50 bits per heavy atom. The molecule has 0 aliphatic rings. The van der Waals surface area contributed by atoms with Crippen LogP contribution in [-0.4, -0.2) is 9.66 Å². The predicted octanol–water partition coefficient (Wildman–Crippen LogP) is 0.722. The van der Waals surface area contributed by atoms with Crippen molar-refractivity contribution in [2.45, 2.75) is 26.7 Å². The fourth-order valence-electron chi connectivity index (χ4n) is 0.962. The Labute approximate surface area is 60.8 Å². The van der Waals surface area contributed by atoms with Crippen molar-refractivity contribution in [2.24, 2.45) is 0 Å². The molecule has 3 heteroatoms. The summed E-state index contributed by atoms with van der Waals surface area (Å²) in [7, 11) is 0. The van der Waals surface area contributed by atoms with Gasteiger partial charge in [-0.1, -0.05) is 13.8 Å². The molecule has 56 valence electrons. The number of hydrogen-bond acceptors (Lipinski definition) is 2. The zero-order valence-electron chi connectivity index (χ0n) is 6.46. The van der Waals surface area contributed by atoms with Crippen LogP contribution in [0.3, 0.4) is 0 Å². The third kappa shape index (κ3) is 0.988. The molecule has 0 unspecified atom stereocenters. The van der Waals surface area contributed by atoms with Gasteiger partial charge in [-0.2, -0.15) is 0 Å². The Balaban J connectivity index is 2.97. The number of nitrogens with zero attached hydrogens (tertiary/aromatic N) is 2. The van der Waals surface area contributed by atoms with Crippen LogP contribution >= 0.6 is 0 Å². The second-order valence-corrected chi connectivity index (χ2v) is 2.24.